The second-order valence-corrected chi connectivity index (χ2v) is 6.91. The molecule has 1 aromatic rings. The molecule has 0 aliphatic carbocycles. The molecule has 0 bridgehead atoms. The molecule has 2 rings (SSSR count). The Kier molecular flexibility index (Phi) is 6.87. The number of benzene rings is 1. The van der Waals surface area contributed by atoms with E-state index in [1.54, 1.807) is 11.8 Å². The van der Waals surface area contributed by atoms with E-state index in [0.29, 0.717) is 11.7 Å². The van der Waals surface area contributed by atoms with Crippen LogP contribution in [-0.4, -0.2) is 41.4 Å². The molecule has 1 aliphatic heterocycles. The van der Waals surface area contributed by atoms with E-state index in [4.69, 9.17) is 16.7 Å². The lowest BCUT2D eigenvalue weighted by Crippen LogP contribution is -2.41. The minimum absolute atomic E-state index is 0.213. The van der Waals surface area contributed by atoms with E-state index >= 15 is 0 Å². The number of carbonyl (C=O) groups is 1. The summed E-state index contributed by atoms with van der Waals surface area (Å²) >= 11 is 7.58. The van der Waals surface area contributed by atoms with Crippen molar-refractivity contribution in [3.05, 3.63) is 34.9 Å². The number of hydrogen-bond acceptors (Lipinski definition) is 3. The predicted molar refractivity (Wildman–Crippen MR) is 88.6 cm³/mol. The van der Waals surface area contributed by atoms with E-state index in [-0.39, 0.29) is 12.5 Å². The maximum absolute atomic E-state index is 12.2. The average Bonchev–Trinajstić information content (AvgIpc) is 2.48. The number of rotatable bonds is 6. The Morgan fingerprint density at radius 1 is 1.48 bits per heavy atom. The maximum atomic E-state index is 12.2. The van der Waals surface area contributed by atoms with Crippen molar-refractivity contribution in [3.8, 4) is 0 Å². The highest BCUT2D eigenvalue weighted by Crippen LogP contribution is 2.21. The molecule has 1 fully saturated rings. The summed E-state index contributed by atoms with van der Waals surface area (Å²) < 4.78 is 0. The Bertz CT molecular complexity index is 467. The minimum Gasteiger partial charge on any atom is -0.396 e. The van der Waals surface area contributed by atoms with Crippen LogP contribution in [0.4, 0.5) is 0 Å². The molecule has 0 saturated carbocycles. The number of hydrogen-bond donors (Lipinski definition) is 1. The Labute approximate surface area is 135 Å². The first-order valence-electron chi connectivity index (χ1n) is 7.40. The van der Waals surface area contributed by atoms with Gasteiger partial charge >= 0.3 is 0 Å². The SMILES string of the molecule is O=C(CSCc1cccc(Cl)c1)N1CCCC(CCO)C1. The van der Waals surface area contributed by atoms with Crippen LogP contribution in [0.2, 0.25) is 5.02 Å². The van der Waals surface area contributed by atoms with Crippen LogP contribution in [0.3, 0.4) is 0 Å². The first-order chi connectivity index (χ1) is 10.2. The van der Waals surface area contributed by atoms with Crippen molar-refractivity contribution in [1.82, 2.24) is 4.90 Å². The van der Waals surface area contributed by atoms with Crippen molar-refractivity contribution in [2.24, 2.45) is 5.92 Å². The minimum atomic E-state index is 0.213. The Morgan fingerprint density at radius 2 is 2.33 bits per heavy atom. The maximum Gasteiger partial charge on any atom is 0.232 e. The zero-order valence-electron chi connectivity index (χ0n) is 12.1. The average molecular weight is 328 g/mol. The van der Waals surface area contributed by atoms with Gasteiger partial charge in [0.15, 0.2) is 0 Å². The van der Waals surface area contributed by atoms with Gasteiger partial charge in [-0.3, -0.25) is 4.79 Å². The van der Waals surface area contributed by atoms with Crippen molar-refractivity contribution in [2.75, 3.05) is 25.4 Å². The molecule has 1 aromatic carbocycles. The fourth-order valence-corrected chi connectivity index (χ4v) is 3.77. The van der Waals surface area contributed by atoms with Gasteiger partial charge in [-0.2, -0.15) is 0 Å². The summed E-state index contributed by atoms with van der Waals surface area (Å²) in [7, 11) is 0. The molecule has 116 valence electrons. The molecule has 0 spiro atoms. The number of piperidine rings is 1. The predicted octanol–water partition coefficient (Wildman–Crippen LogP) is 3.19. The van der Waals surface area contributed by atoms with Crippen LogP contribution in [0.25, 0.3) is 0 Å². The van der Waals surface area contributed by atoms with Gasteiger partial charge in [-0.25, -0.2) is 0 Å². The standard InChI is InChI=1S/C16H22ClNO2S/c17-15-5-1-3-14(9-15)11-21-12-16(20)18-7-2-4-13(10-18)6-8-19/h1,3,5,9,13,19H,2,4,6-8,10-12H2. The van der Waals surface area contributed by atoms with E-state index in [0.717, 1.165) is 48.7 Å². The van der Waals surface area contributed by atoms with E-state index in [1.165, 1.54) is 0 Å². The molecular weight excluding hydrogens is 306 g/mol. The first kappa shape index (κ1) is 16.7. The van der Waals surface area contributed by atoms with Crippen LogP contribution in [-0.2, 0) is 10.5 Å². The van der Waals surface area contributed by atoms with Crippen LogP contribution in [0.1, 0.15) is 24.8 Å². The molecule has 1 amide bonds. The second-order valence-electron chi connectivity index (χ2n) is 5.48. The number of amides is 1. The molecule has 1 unspecified atom stereocenters. The third-order valence-electron chi connectivity index (χ3n) is 3.79. The van der Waals surface area contributed by atoms with Gasteiger partial charge in [0.05, 0.1) is 5.75 Å². The lowest BCUT2D eigenvalue weighted by molar-refractivity contribution is -0.130. The molecule has 1 aliphatic rings. The molecule has 21 heavy (non-hydrogen) atoms. The van der Waals surface area contributed by atoms with Crippen LogP contribution in [0.15, 0.2) is 24.3 Å². The number of thioether (sulfide) groups is 1. The van der Waals surface area contributed by atoms with Gasteiger partial charge in [0.1, 0.15) is 0 Å². The third-order valence-corrected chi connectivity index (χ3v) is 5.02. The number of halogens is 1. The fourth-order valence-electron chi connectivity index (χ4n) is 2.68. The summed E-state index contributed by atoms with van der Waals surface area (Å²) in [5.74, 6) is 1.99. The highest BCUT2D eigenvalue weighted by atomic mass is 35.5. The molecule has 1 heterocycles. The molecule has 1 N–H and O–H groups in total. The summed E-state index contributed by atoms with van der Waals surface area (Å²) in [6, 6.07) is 7.76. The van der Waals surface area contributed by atoms with Gasteiger partial charge in [-0.15, -0.1) is 11.8 Å². The van der Waals surface area contributed by atoms with Gasteiger partial charge in [0.2, 0.25) is 5.91 Å². The van der Waals surface area contributed by atoms with Crippen molar-refractivity contribution in [3.63, 3.8) is 0 Å². The zero-order valence-corrected chi connectivity index (χ0v) is 13.7. The van der Waals surface area contributed by atoms with Crippen LogP contribution >= 0.6 is 23.4 Å². The van der Waals surface area contributed by atoms with Crippen molar-refractivity contribution >= 4 is 29.3 Å². The Balaban J connectivity index is 1.74. The van der Waals surface area contributed by atoms with Crippen LogP contribution in [0, 0.1) is 5.92 Å². The van der Waals surface area contributed by atoms with E-state index < -0.39 is 0 Å². The molecule has 0 aromatic heterocycles. The quantitative estimate of drug-likeness (QED) is 0.872. The van der Waals surface area contributed by atoms with Crippen molar-refractivity contribution < 1.29 is 9.90 Å². The Hall–Kier alpha value is -0.710. The largest absolute Gasteiger partial charge is 0.396 e. The van der Waals surface area contributed by atoms with Gasteiger partial charge in [0, 0.05) is 30.5 Å². The highest BCUT2D eigenvalue weighted by molar-refractivity contribution is 7.99. The van der Waals surface area contributed by atoms with Gasteiger partial charge in [-0.1, -0.05) is 23.7 Å². The van der Waals surface area contributed by atoms with Crippen LogP contribution in [0.5, 0.6) is 0 Å². The fraction of sp³-hybridized carbons (Fsp3) is 0.562. The van der Waals surface area contributed by atoms with Gasteiger partial charge < -0.3 is 10.0 Å². The summed E-state index contributed by atoms with van der Waals surface area (Å²) in [6.45, 7) is 1.88. The summed E-state index contributed by atoms with van der Waals surface area (Å²) in [4.78, 5) is 14.2. The summed E-state index contributed by atoms with van der Waals surface area (Å²) in [5, 5.41) is 9.75. The summed E-state index contributed by atoms with van der Waals surface area (Å²) in [5.41, 5.74) is 1.15. The first-order valence-corrected chi connectivity index (χ1v) is 8.93. The smallest absolute Gasteiger partial charge is 0.232 e. The number of likely N-dealkylation sites (tertiary alicyclic amines) is 1. The van der Waals surface area contributed by atoms with E-state index in [1.807, 2.05) is 29.2 Å². The molecule has 5 heteroatoms. The Morgan fingerprint density at radius 3 is 3.10 bits per heavy atom. The van der Waals surface area contributed by atoms with Crippen molar-refractivity contribution in [1.29, 1.82) is 0 Å². The lowest BCUT2D eigenvalue weighted by atomic mass is 9.95. The van der Waals surface area contributed by atoms with Crippen molar-refractivity contribution in [2.45, 2.75) is 25.0 Å². The number of aliphatic hydroxyl groups excluding tert-OH is 1. The normalized spacial score (nSPS) is 18.8. The molecular formula is C16H22ClNO2S. The van der Waals surface area contributed by atoms with E-state index in [2.05, 4.69) is 0 Å². The molecule has 0 radical (unpaired) electrons. The monoisotopic (exact) mass is 327 g/mol. The lowest BCUT2D eigenvalue weighted by Gasteiger charge is -2.32. The number of carbonyl (C=O) groups excluding carboxylic acids is 1. The third kappa shape index (κ3) is 5.53. The zero-order chi connectivity index (χ0) is 15.1. The topological polar surface area (TPSA) is 40.5 Å². The molecule has 1 saturated heterocycles. The number of nitrogens with zero attached hydrogens (tertiary/aromatic N) is 1. The van der Waals surface area contributed by atoms with Crippen LogP contribution < -0.4 is 0 Å². The van der Waals surface area contributed by atoms with Gasteiger partial charge in [-0.05, 0) is 42.9 Å². The van der Waals surface area contributed by atoms with Gasteiger partial charge in [0.25, 0.3) is 0 Å². The second kappa shape index (κ2) is 8.66. The summed E-state index contributed by atoms with van der Waals surface area (Å²) in [6.07, 6.45) is 2.98. The molecule has 3 nitrogen and oxygen atoms in total. The highest BCUT2D eigenvalue weighted by Gasteiger charge is 2.22. The van der Waals surface area contributed by atoms with E-state index in [9.17, 15) is 4.79 Å². The molecule has 1 atom stereocenters. The number of aliphatic hydroxyl groups is 1.